The van der Waals surface area contributed by atoms with E-state index in [1.807, 2.05) is 54.3 Å². The van der Waals surface area contributed by atoms with Crippen LogP contribution in [-0.2, 0) is 17.0 Å². The van der Waals surface area contributed by atoms with Gasteiger partial charge in [0.2, 0.25) is 5.91 Å². The molecule has 1 heterocycles. The molecule has 4 heteroatoms. The number of hydrogen-bond donors (Lipinski definition) is 0. The molecular formula is C18H18ClNOS. The number of benzene rings is 2. The Bertz CT molecular complexity index is 671. The summed E-state index contributed by atoms with van der Waals surface area (Å²) in [6.07, 6.45) is 0.955. The van der Waals surface area contributed by atoms with Gasteiger partial charge in [0.1, 0.15) is 0 Å². The van der Waals surface area contributed by atoms with Crippen LogP contribution in [0.1, 0.15) is 18.1 Å². The Labute approximate surface area is 140 Å². The monoisotopic (exact) mass is 331 g/mol. The van der Waals surface area contributed by atoms with Crippen molar-refractivity contribution in [2.75, 3.05) is 11.4 Å². The highest BCUT2D eigenvalue weighted by molar-refractivity contribution is 7.99. The van der Waals surface area contributed by atoms with Crippen LogP contribution >= 0.6 is 23.4 Å². The number of halogens is 1. The van der Waals surface area contributed by atoms with Crippen LogP contribution < -0.4 is 4.90 Å². The van der Waals surface area contributed by atoms with E-state index < -0.39 is 0 Å². The third-order valence-corrected chi connectivity index (χ3v) is 5.37. The molecule has 1 amide bonds. The van der Waals surface area contributed by atoms with Gasteiger partial charge in [-0.25, -0.2) is 0 Å². The summed E-state index contributed by atoms with van der Waals surface area (Å²) in [6, 6.07) is 16.0. The van der Waals surface area contributed by atoms with Gasteiger partial charge in [-0.1, -0.05) is 41.9 Å². The summed E-state index contributed by atoms with van der Waals surface area (Å²) in [5, 5.41) is 0.688. The predicted molar refractivity (Wildman–Crippen MR) is 94.7 cm³/mol. The highest BCUT2D eigenvalue weighted by atomic mass is 35.5. The number of hydrogen-bond acceptors (Lipinski definition) is 2. The van der Waals surface area contributed by atoms with E-state index in [1.54, 1.807) is 11.8 Å². The molecule has 2 nitrogen and oxygen atoms in total. The summed E-state index contributed by atoms with van der Waals surface area (Å²) < 4.78 is 0. The third kappa shape index (κ3) is 3.31. The summed E-state index contributed by atoms with van der Waals surface area (Å²) in [7, 11) is 0. The van der Waals surface area contributed by atoms with Crippen molar-refractivity contribution >= 4 is 35.0 Å². The van der Waals surface area contributed by atoms with E-state index in [9.17, 15) is 4.79 Å². The standard InChI is InChI=1S/C18H18ClNOS/c1-13(22-12-14-6-8-16(19)9-7-14)18(21)20-11-10-15-4-2-3-5-17(15)20/h2-9,13H,10-12H2,1H3. The van der Waals surface area contributed by atoms with Crippen molar-refractivity contribution < 1.29 is 4.79 Å². The van der Waals surface area contributed by atoms with Crippen LogP contribution in [0.5, 0.6) is 0 Å². The van der Waals surface area contributed by atoms with Crippen LogP contribution in [0.3, 0.4) is 0 Å². The average Bonchev–Trinajstić information content (AvgIpc) is 2.97. The molecule has 1 atom stereocenters. The maximum Gasteiger partial charge on any atom is 0.239 e. The molecule has 1 aliphatic rings. The average molecular weight is 332 g/mol. The summed E-state index contributed by atoms with van der Waals surface area (Å²) in [4.78, 5) is 14.6. The van der Waals surface area contributed by atoms with E-state index in [0.717, 1.165) is 29.4 Å². The molecule has 0 bridgehead atoms. The Morgan fingerprint density at radius 3 is 2.73 bits per heavy atom. The predicted octanol–water partition coefficient (Wildman–Crippen LogP) is 4.55. The van der Waals surface area contributed by atoms with Crippen molar-refractivity contribution in [3.05, 3.63) is 64.7 Å². The molecule has 3 rings (SSSR count). The number of amides is 1. The van der Waals surface area contributed by atoms with E-state index in [0.29, 0.717) is 0 Å². The molecule has 1 aliphatic heterocycles. The van der Waals surface area contributed by atoms with Crippen molar-refractivity contribution in [1.82, 2.24) is 0 Å². The lowest BCUT2D eigenvalue weighted by atomic mass is 10.2. The zero-order chi connectivity index (χ0) is 15.5. The summed E-state index contributed by atoms with van der Waals surface area (Å²) in [5.41, 5.74) is 3.54. The number of carbonyl (C=O) groups excluding carboxylic acids is 1. The number of carbonyl (C=O) groups is 1. The Morgan fingerprint density at radius 1 is 1.23 bits per heavy atom. The molecule has 0 radical (unpaired) electrons. The van der Waals surface area contributed by atoms with E-state index >= 15 is 0 Å². The quantitative estimate of drug-likeness (QED) is 0.819. The fourth-order valence-electron chi connectivity index (χ4n) is 2.66. The molecule has 2 aromatic rings. The van der Waals surface area contributed by atoms with Crippen molar-refractivity contribution in [3.8, 4) is 0 Å². The van der Waals surface area contributed by atoms with E-state index in [-0.39, 0.29) is 11.2 Å². The number of para-hydroxylation sites is 1. The first-order valence-corrected chi connectivity index (χ1v) is 8.83. The lowest BCUT2D eigenvalue weighted by Crippen LogP contribution is -2.35. The number of nitrogens with zero attached hydrogens (tertiary/aromatic N) is 1. The minimum atomic E-state index is -0.0539. The first-order valence-electron chi connectivity index (χ1n) is 7.40. The molecule has 0 saturated heterocycles. The molecule has 22 heavy (non-hydrogen) atoms. The van der Waals surface area contributed by atoms with Crippen molar-refractivity contribution in [3.63, 3.8) is 0 Å². The summed E-state index contributed by atoms with van der Waals surface area (Å²) in [5.74, 6) is 1.02. The van der Waals surface area contributed by atoms with E-state index in [1.165, 1.54) is 11.1 Å². The Hall–Kier alpha value is -1.45. The van der Waals surface area contributed by atoms with Crippen LogP contribution in [0, 0.1) is 0 Å². The number of thioether (sulfide) groups is 1. The molecule has 0 saturated carbocycles. The van der Waals surface area contributed by atoms with Crippen LogP contribution in [-0.4, -0.2) is 17.7 Å². The second kappa shape index (κ2) is 6.76. The first kappa shape index (κ1) is 15.4. The number of anilines is 1. The fourth-order valence-corrected chi connectivity index (χ4v) is 3.69. The zero-order valence-electron chi connectivity index (χ0n) is 12.5. The maximum atomic E-state index is 12.7. The van der Waals surface area contributed by atoms with Gasteiger partial charge in [0.25, 0.3) is 0 Å². The number of fused-ring (bicyclic) bond motifs is 1. The minimum absolute atomic E-state index is 0.0539. The Kier molecular flexibility index (Phi) is 4.74. The molecule has 0 fully saturated rings. The molecular weight excluding hydrogens is 314 g/mol. The van der Waals surface area contributed by atoms with Gasteiger partial charge < -0.3 is 4.90 Å². The zero-order valence-corrected chi connectivity index (χ0v) is 14.0. The molecule has 0 spiro atoms. The van der Waals surface area contributed by atoms with Gasteiger partial charge in [0.05, 0.1) is 5.25 Å². The molecule has 0 aliphatic carbocycles. The van der Waals surface area contributed by atoms with Gasteiger partial charge in [0.15, 0.2) is 0 Å². The van der Waals surface area contributed by atoms with Gasteiger partial charge in [0, 0.05) is 23.0 Å². The smallest absolute Gasteiger partial charge is 0.239 e. The van der Waals surface area contributed by atoms with Crippen LogP contribution in [0.15, 0.2) is 48.5 Å². The topological polar surface area (TPSA) is 20.3 Å². The van der Waals surface area contributed by atoms with Gasteiger partial charge in [-0.05, 0) is 42.7 Å². The molecule has 0 aromatic heterocycles. The van der Waals surface area contributed by atoms with Crippen LogP contribution in [0.2, 0.25) is 5.02 Å². The second-order valence-corrected chi connectivity index (χ2v) is 7.21. The van der Waals surface area contributed by atoms with Gasteiger partial charge in [-0.2, -0.15) is 0 Å². The van der Waals surface area contributed by atoms with Crippen molar-refractivity contribution in [2.45, 2.75) is 24.3 Å². The van der Waals surface area contributed by atoms with Gasteiger partial charge in [-0.15, -0.1) is 11.8 Å². The first-order chi connectivity index (χ1) is 10.6. The highest BCUT2D eigenvalue weighted by Gasteiger charge is 2.27. The Morgan fingerprint density at radius 2 is 1.95 bits per heavy atom. The lowest BCUT2D eigenvalue weighted by Gasteiger charge is -2.21. The largest absolute Gasteiger partial charge is 0.311 e. The SMILES string of the molecule is CC(SCc1ccc(Cl)cc1)C(=O)N1CCc2ccccc21. The molecule has 1 unspecified atom stereocenters. The van der Waals surface area contributed by atoms with Crippen molar-refractivity contribution in [1.29, 1.82) is 0 Å². The highest BCUT2D eigenvalue weighted by Crippen LogP contribution is 2.30. The normalized spacial score (nSPS) is 14.7. The summed E-state index contributed by atoms with van der Waals surface area (Å²) >= 11 is 7.56. The summed E-state index contributed by atoms with van der Waals surface area (Å²) in [6.45, 7) is 2.79. The minimum Gasteiger partial charge on any atom is -0.311 e. The van der Waals surface area contributed by atoms with Crippen LogP contribution in [0.25, 0.3) is 0 Å². The maximum absolute atomic E-state index is 12.7. The van der Waals surface area contributed by atoms with Gasteiger partial charge >= 0.3 is 0 Å². The molecule has 0 N–H and O–H groups in total. The third-order valence-electron chi connectivity index (χ3n) is 3.91. The molecule has 2 aromatic carbocycles. The fraction of sp³-hybridized carbons (Fsp3) is 0.278. The lowest BCUT2D eigenvalue weighted by molar-refractivity contribution is -0.117. The van der Waals surface area contributed by atoms with E-state index in [4.69, 9.17) is 11.6 Å². The Balaban J connectivity index is 1.62. The van der Waals surface area contributed by atoms with Crippen molar-refractivity contribution in [2.24, 2.45) is 0 Å². The second-order valence-electron chi connectivity index (χ2n) is 5.45. The van der Waals surface area contributed by atoms with Gasteiger partial charge in [-0.3, -0.25) is 4.79 Å². The molecule has 114 valence electrons. The van der Waals surface area contributed by atoms with Crippen LogP contribution in [0.4, 0.5) is 5.69 Å². The number of rotatable bonds is 4. The van der Waals surface area contributed by atoms with E-state index in [2.05, 4.69) is 6.07 Å².